The maximum absolute atomic E-state index is 6.18. The molecule has 0 atom stereocenters. The van der Waals surface area contributed by atoms with Crippen molar-refractivity contribution in [3.63, 3.8) is 0 Å². The van der Waals surface area contributed by atoms with Gasteiger partial charge >= 0.3 is 0 Å². The molecule has 3 aliphatic rings. The molecule has 0 unspecified atom stereocenters. The molecular weight excluding hydrogens is 464 g/mol. The number of methoxy groups -OCH3 is 1. The van der Waals surface area contributed by atoms with Gasteiger partial charge in [-0.1, -0.05) is 6.42 Å². The highest BCUT2D eigenvalue weighted by molar-refractivity contribution is 5.62. The predicted octanol–water partition coefficient (Wildman–Crippen LogP) is 5.99. The van der Waals surface area contributed by atoms with Crippen molar-refractivity contribution in [3.05, 3.63) is 54.0 Å². The Morgan fingerprint density at radius 3 is 2.62 bits per heavy atom. The average Bonchev–Trinajstić information content (AvgIpc) is 2.85. The second kappa shape index (κ2) is 9.82. The van der Waals surface area contributed by atoms with Crippen LogP contribution < -0.4 is 20.1 Å². The van der Waals surface area contributed by atoms with E-state index in [2.05, 4.69) is 45.7 Å². The Morgan fingerprint density at radius 2 is 1.86 bits per heavy atom. The van der Waals surface area contributed by atoms with E-state index in [0.717, 1.165) is 48.6 Å². The first-order valence-electron chi connectivity index (χ1n) is 13.3. The molecule has 3 aromatic rings. The minimum atomic E-state index is 0. The van der Waals surface area contributed by atoms with E-state index >= 15 is 0 Å². The Kier molecular flexibility index (Phi) is 6.36. The SMILES string of the molecule is COc1cc(Nc2nccc(Nc3cnc4c(c3)CC3(CCC3)CC4)n2)ccc1OC1CC(N(C)C)C1.[HH].[HH]. The molecule has 3 aliphatic carbocycles. The summed E-state index contributed by atoms with van der Waals surface area (Å²) < 4.78 is 11.8. The van der Waals surface area contributed by atoms with Gasteiger partial charge in [-0.15, -0.1) is 0 Å². The van der Waals surface area contributed by atoms with Crippen LogP contribution in [0.15, 0.2) is 42.7 Å². The first-order chi connectivity index (χ1) is 18.0. The summed E-state index contributed by atoms with van der Waals surface area (Å²) in [7, 11) is 5.89. The largest absolute Gasteiger partial charge is 0.493 e. The number of nitrogens with one attached hydrogen (secondary N) is 2. The minimum Gasteiger partial charge on any atom is -0.493 e. The molecule has 0 bridgehead atoms. The topological polar surface area (TPSA) is 84.4 Å². The molecule has 1 aromatic carbocycles. The van der Waals surface area contributed by atoms with Gasteiger partial charge in [-0.2, -0.15) is 4.98 Å². The average molecular weight is 505 g/mol. The number of benzene rings is 1. The fourth-order valence-electron chi connectivity index (χ4n) is 5.81. The molecule has 198 valence electrons. The van der Waals surface area contributed by atoms with Gasteiger partial charge in [0.1, 0.15) is 11.9 Å². The zero-order valence-corrected chi connectivity index (χ0v) is 22.0. The van der Waals surface area contributed by atoms with Crippen molar-refractivity contribution in [2.75, 3.05) is 31.8 Å². The van der Waals surface area contributed by atoms with E-state index in [1.54, 1.807) is 13.3 Å². The van der Waals surface area contributed by atoms with E-state index in [4.69, 9.17) is 14.5 Å². The quantitative estimate of drug-likeness (QED) is 0.387. The molecule has 1 spiro atoms. The van der Waals surface area contributed by atoms with E-state index in [1.165, 1.54) is 36.9 Å². The fraction of sp³-hybridized carbons (Fsp3) is 0.483. The third-order valence-electron chi connectivity index (χ3n) is 8.37. The molecule has 2 fully saturated rings. The van der Waals surface area contributed by atoms with Crippen molar-refractivity contribution in [2.45, 2.75) is 63.5 Å². The van der Waals surface area contributed by atoms with Crippen LogP contribution in [0.1, 0.15) is 52.6 Å². The zero-order chi connectivity index (χ0) is 25.4. The summed E-state index contributed by atoms with van der Waals surface area (Å²) in [5, 5.41) is 6.71. The molecule has 6 rings (SSSR count). The highest BCUT2D eigenvalue weighted by Crippen LogP contribution is 2.50. The van der Waals surface area contributed by atoms with E-state index in [0.29, 0.717) is 23.2 Å². The lowest BCUT2D eigenvalue weighted by Crippen LogP contribution is -2.46. The van der Waals surface area contributed by atoms with Crippen LogP contribution in [0.25, 0.3) is 0 Å². The molecule has 2 heterocycles. The van der Waals surface area contributed by atoms with Gasteiger partial charge in [-0.05, 0) is 94.3 Å². The second-order valence-electron chi connectivity index (χ2n) is 11.1. The number of hydrogen-bond donors (Lipinski definition) is 2. The Labute approximate surface area is 221 Å². The first-order valence-corrected chi connectivity index (χ1v) is 13.3. The van der Waals surface area contributed by atoms with Gasteiger partial charge in [0.15, 0.2) is 11.5 Å². The van der Waals surface area contributed by atoms with Crippen LogP contribution in [0.5, 0.6) is 11.5 Å². The molecule has 0 radical (unpaired) electrons. The van der Waals surface area contributed by atoms with Gasteiger partial charge in [-0.25, -0.2) is 4.98 Å². The fourth-order valence-corrected chi connectivity index (χ4v) is 5.81. The lowest BCUT2D eigenvalue weighted by Gasteiger charge is -2.45. The zero-order valence-electron chi connectivity index (χ0n) is 22.0. The first kappa shape index (κ1) is 24.0. The maximum Gasteiger partial charge on any atom is 0.229 e. The molecule has 2 saturated carbocycles. The number of pyridine rings is 1. The lowest BCUT2D eigenvalue weighted by atomic mass is 9.60. The van der Waals surface area contributed by atoms with Crippen molar-refractivity contribution in [2.24, 2.45) is 5.41 Å². The van der Waals surface area contributed by atoms with Crippen LogP contribution in [0.2, 0.25) is 0 Å². The highest BCUT2D eigenvalue weighted by atomic mass is 16.5. The number of ether oxygens (including phenoxy) is 2. The number of nitrogens with zero attached hydrogens (tertiary/aromatic N) is 4. The molecule has 2 N–H and O–H groups in total. The van der Waals surface area contributed by atoms with Crippen molar-refractivity contribution >= 4 is 23.1 Å². The summed E-state index contributed by atoms with van der Waals surface area (Å²) in [4.78, 5) is 16.1. The third-order valence-corrected chi connectivity index (χ3v) is 8.37. The molecule has 2 aromatic heterocycles. The molecule has 37 heavy (non-hydrogen) atoms. The molecule has 8 heteroatoms. The smallest absolute Gasteiger partial charge is 0.229 e. The highest BCUT2D eigenvalue weighted by Gasteiger charge is 2.40. The normalized spacial score (nSPS) is 21.5. The Balaban J connectivity index is 0.00000176. The summed E-state index contributed by atoms with van der Waals surface area (Å²) in [5.41, 5.74) is 4.98. The number of rotatable bonds is 8. The predicted molar refractivity (Wildman–Crippen MR) is 149 cm³/mol. The number of aromatic nitrogens is 3. The van der Waals surface area contributed by atoms with Gasteiger partial charge in [0, 0.05) is 32.5 Å². The Bertz CT molecular complexity index is 1280. The molecule has 0 aliphatic heterocycles. The number of anilines is 4. The van der Waals surface area contributed by atoms with Gasteiger partial charge in [-0.3, -0.25) is 4.98 Å². The summed E-state index contributed by atoms with van der Waals surface area (Å²) in [6.07, 6.45) is 13.6. The van der Waals surface area contributed by atoms with Crippen molar-refractivity contribution in [1.82, 2.24) is 19.9 Å². The van der Waals surface area contributed by atoms with Crippen molar-refractivity contribution in [3.8, 4) is 11.5 Å². The maximum atomic E-state index is 6.18. The van der Waals surface area contributed by atoms with Crippen LogP contribution in [-0.2, 0) is 12.8 Å². The molecular formula is C29H40N6O2. The van der Waals surface area contributed by atoms with Gasteiger partial charge in [0.25, 0.3) is 0 Å². The standard InChI is InChI=1S/C29H36N6O2.2H2/c1-35(2)22-15-23(16-22)37-25-6-5-20(14-26(25)36-3)33-28-30-12-8-27(34-28)32-21-13-19-17-29(9-4-10-29)11-7-24(19)31-18-21;;/h5-6,8,12-14,18,22-23H,4,7,9-11,15-17H2,1-3H3,(H2,30,32,33,34);2*1H. The third kappa shape index (κ3) is 5.07. The van der Waals surface area contributed by atoms with Gasteiger partial charge in [0.05, 0.1) is 19.0 Å². The Hall–Kier alpha value is -3.39. The van der Waals surface area contributed by atoms with E-state index in [1.807, 2.05) is 30.5 Å². The van der Waals surface area contributed by atoms with E-state index in [9.17, 15) is 0 Å². The van der Waals surface area contributed by atoms with E-state index < -0.39 is 0 Å². The van der Waals surface area contributed by atoms with Crippen molar-refractivity contribution < 1.29 is 12.3 Å². The molecule has 8 nitrogen and oxygen atoms in total. The van der Waals surface area contributed by atoms with Crippen molar-refractivity contribution in [1.29, 1.82) is 0 Å². The van der Waals surface area contributed by atoms with Gasteiger partial charge < -0.3 is 25.0 Å². The van der Waals surface area contributed by atoms with E-state index in [-0.39, 0.29) is 8.96 Å². The van der Waals surface area contributed by atoms with Crippen LogP contribution in [-0.4, -0.2) is 53.2 Å². The minimum absolute atomic E-state index is 0. The van der Waals surface area contributed by atoms with Crippen LogP contribution in [0.4, 0.5) is 23.1 Å². The summed E-state index contributed by atoms with van der Waals surface area (Å²) >= 11 is 0. The van der Waals surface area contributed by atoms with Gasteiger partial charge in [0.2, 0.25) is 5.95 Å². The monoisotopic (exact) mass is 504 g/mol. The summed E-state index contributed by atoms with van der Waals surface area (Å²) in [6.45, 7) is 0. The molecule has 0 amide bonds. The second-order valence-corrected chi connectivity index (χ2v) is 11.1. The number of hydrogen-bond acceptors (Lipinski definition) is 8. The van der Waals surface area contributed by atoms with Crippen LogP contribution in [0.3, 0.4) is 0 Å². The summed E-state index contributed by atoms with van der Waals surface area (Å²) in [5.74, 6) is 2.68. The number of aryl methyl sites for hydroxylation is 1. The summed E-state index contributed by atoms with van der Waals surface area (Å²) in [6, 6.07) is 10.5. The van der Waals surface area contributed by atoms with Crippen LogP contribution in [0, 0.1) is 5.41 Å². The van der Waals surface area contributed by atoms with Crippen LogP contribution >= 0.6 is 0 Å². The number of fused-ring (bicyclic) bond motifs is 1. The Morgan fingerprint density at radius 1 is 1.00 bits per heavy atom. The molecule has 0 saturated heterocycles. The lowest BCUT2D eigenvalue weighted by molar-refractivity contribution is 0.0383.